The van der Waals surface area contributed by atoms with Crippen LogP contribution in [0.15, 0.2) is 39.1 Å². The highest BCUT2D eigenvalue weighted by Gasteiger charge is 2.16. The first-order valence-electron chi connectivity index (χ1n) is 5.57. The van der Waals surface area contributed by atoms with Crippen LogP contribution in [0.25, 0.3) is 0 Å². The maximum absolute atomic E-state index is 12.0. The zero-order valence-corrected chi connectivity index (χ0v) is 13.3. The van der Waals surface area contributed by atoms with Crippen molar-refractivity contribution in [1.29, 1.82) is 0 Å². The van der Waals surface area contributed by atoms with Gasteiger partial charge in [0.1, 0.15) is 0 Å². The molecule has 21 heavy (non-hydrogen) atoms. The Balaban J connectivity index is 2.41. The van der Waals surface area contributed by atoms with E-state index >= 15 is 0 Å². The monoisotopic (exact) mass is 348 g/mol. The molecule has 8 nitrogen and oxygen atoms in total. The van der Waals surface area contributed by atoms with E-state index in [1.165, 1.54) is 7.05 Å². The van der Waals surface area contributed by atoms with E-state index in [0.29, 0.717) is 16.9 Å². The molecule has 11 heteroatoms. The summed E-state index contributed by atoms with van der Waals surface area (Å²) in [6.45, 7) is 0. The van der Waals surface area contributed by atoms with Crippen LogP contribution < -0.4 is 9.94 Å². The van der Waals surface area contributed by atoms with Gasteiger partial charge in [0.05, 0.1) is 5.75 Å². The SMILES string of the molecule is Cn1nc(S(N)(=O)=O)s/c1=N/S(=O)(=O)Cc1ccccc1. The van der Waals surface area contributed by atoms with Gasteiger partial charge in [-0.25, -0.2) is 26.7 Å². The van der Waals surface area contributed by atoms with Crippen LogP contribution in [-0.2, 0) is 32.8 Å². The first kappa shape index (κ1) is 15.8. The van der Waals surface area contributed by atoms with Gasteiger partial charge in [0.2, 0.25) is 9.14 Å². The van der Waals surface area contributed by atoms with E-state index in [0.717, 1.165) is 4.68 Å². The normalized spacial score (nSPS) is 13.5. The smallest absolute Gasteiger partial charge is 0.239 e. The van der Waals surface area contributed by atoms with Gasteiger partial charge in [-0.3, -0.25) is 0 Å². The zero-order valence-electron chi connectivity index (χ0n) is 10.9. The van der Waals surface area contributed by atoms with Crippen molar-refractivity contribution in [3.05, 3.63) is 40.7 Å². The fourth-order valence-corrected chi connectivity index (χ4v) is 4.40. The molecule has 0 amide bonds. The molecule has 2 rings (SSSR count). The fourth-order valence-electron chi connectivity index (χ4n) is 1.46. The van der Waals surface area contributed by atoms with Crippen molar-refractivity contribution >= 4 is 31.4 Å². The second kappa shape index (κ2) is 5.67. The fraction of sp³-hybridized carbons (Fsp3) is 0.200. The summed E-state index contributed by atoms with van der Waals surface area (Å²) >= 11 is 0.597. The molecule has 0 saturated carbocycles. The number of nitrogens with two attached hydrogens (primary N) is 1. The van der Waals surface area contributed by atoms with E-state index in [1.54, 1.807) is 30.3 Å². The minimum absolute atomic E-state index is 0.0602. The number of aryl methyl sites for hydroxylation is 1. The molecular formula is C10H12N4O4S3. The number of primary sulfonamides is 1. The molecule has 0 atom stereocenters. The number of rotatable bonds is 4. The average Bonchev–Trinajstić information content (AvgIpc) is 2.70. The predicted octanol–water partition coefficient (Wildman–Crippen LogP) is -0.440. The molecule has 0 spiro atoms. The number of nitrogens with zero attached hydrogens (tertiary/aromatic N) is 3. The summed E-state index contributed by atoms with van der Waals surface area (Å²) in [7, 11) is -6.40. The molecule has 114 valence electrons. The molecule has 2 aromatic rings. The molecule has 1 aromatic heterocycles. The second-order valence-electron chi connectivity index (χ2n) is 4.12. The third-order valence-corrected chi connectivity index (χ3v) is 5.91. The van der Waals surface area contributed by atoms with Gasteiger partial charge in [0.25, 0.3) is 20.0 Å². The minimum atomic E-state index is -3.99. The first-order chi connectivity index (χ1) is 9.67. The molecule has 1 aromatic carbocycles. The van der Waals surface area contributed by atoms with Crippen molar-refractivity contribution in [3.8, 4) is 0 Å². The highest BCUT2D eigenvalue weighted by Crippen LogP contribution is 2.08. The average molecular weight is 348 g/mol. The molecule has 0 aliphatic rings. The molecule has 0 bridgehead atoms. The van der Waals surface area contributed by atoms with Gasteiger partial charge in [-0.05, 0) is 5.56 Å². The van der Waals surface area contributed by atoms with Crippen LogP contribution in [0.3, 0.4) is 0 Å². The third kappa shape index (κ3) is 4.20. The highest BCUT2D eigenvalue weighted by molar-refractivity contribution is 7.91. The Hall–Kier alpha value is -1.56. The maximum atomic E-state index is 12.0. The van der Waals surface area contributed by atoms with Gasteiger partial charge in [-0.15, -0.1) is 9.50 Å². The largest absolute Gasteiger partial charge is 0.267 e. The van der Waals surface area contributed by atoms with Gasteiger partial charge < -0.3 is 0 Å². The molecule has 0 aliphatic heterocycles. The summed E-state index contributed by atoms with van der Waals surface area (Å²) < 4.78 is 50.6. The van der Waals surface area contributed by atoms with E-state index in [4.69, 9.17) is 5.14 Å². The molecule has 0 aliphatic carbocycles. The van der Waals surface area contributed by atoms with E-state index in [2.05, 4.69) is 9.50 Å². The third-order valence-electron chi connectivity index (χ3n) is 2.34. The molecule has 0 fully saturated rings. The van der Waals surface area contributed by atoms with Crippen LogP contribution in [-0.4, -0.2) is 26.6 Å². The lowest BCUT2D eigenvalue weighted by molar-refractivity contribution is 0.589. The Morgan fingerprint density at radius 2 is 1.86 bits per heavy atom. The molecular weight excluding hydrogens is 336 g/mol. The van der Waals surface area contributed by atoms with Crippen LogP contribution in [0.5, 0.6) is 0 Å². The summed E-state index contributed by atoms with van der Waals surface area (Å²) in [5.74, 6) is -0.281. The Labute approximate surface area is 125 Å². The Bertz CT molecular complexity index is 911. The van der Waals surface area contributed by atoms with Crippen molar-refractivity contribution < 1.29 is 16.8 Å². The standard InChI is InChI=1S/C10H12N4O4S3/c1-14-9(19-10(12-14)21(11,17)18)13-20(15,16)7-8-5-3-2-4-6-8/h2-6H,7H2,1H3,(H2,11,17,18)/b13-9+. The van der Waals surface area contributed by atoms with Gasteiger partial charge >= 0.3 is 0 Å². The Morgan fingerprint density at radius 1 is 1.24 bits per heavy atom. The van der Waals surface area contributed by atoms with Crippen molar-refractivity contribution in [1.82, 2.24) is 9.78 Å². The predicted molar refractivity (Wildman–Crippen MR) is 77.1 cm³/mol. The van der Waals surface area contributed by atoms with Crippen LogP contribution in [0.1, 0.15) is 5.56 Å². The Morgan fingerprint density at radius 3 is 2.38 bits per heavy atom. The summed E-state index contributed by atoms with van der Waals surface area (Å²) in [6, 6.07) is 8.53. The highest BCUT2D eigenvalue weighted by atomic mass is 32.2. The lowest BCUT2D eigenvalue weighted by Crippen LogP contribution is -2.16. The molecule has 2 N–H and O–H groups in total. The molecule has 0 saturated heterocycles. The van der Waals surface area contributed by atoms with Crippen LogP contribution >= 0.6 is 11.3 Å². The van der Waals surface area contributed by atoms with E-state index in [9.17, 15) is 16.8 Å². The number of benzene rings is 1. The first-order valence-corrected chi connectivity index (χ1v) is 9.54. The van der Waals surface area contributed by atoms with E-state index < -0.39 is 24.4 Å². The molecule has 0 unspecified atom stereocenters. The topological polar surface area (TPSA) is 124 Å². The summed E-state index contributed by atoms with van der Waals surface area (Å²) in [4.78, 5) is -0.0602. The van der Waals surface area contributed by atoms with Crippen LogP contribution in [0.4, 0.5) is 0 Å². The Kier molecular flexibility index (Phi) is 4.27. The van der Waals surface area contributed by atoms with Gasteiger partial charge in [0, 0.05) is 7.05 Å². The number of aromatic nitrogens is 2. The van der Waals surface area contributed by atoms with E-state index in [1.807, 2.05) is 0 Å². The van der Waals surface area contributed by atoms with Crippen LogP contribution in [0.2, 0.25) is 0 Å². The van der Waals surface area contributed by atoms with Gasteiger partial charge in [-0.1, -0.05) is 41.7 Å². The van der Waals surface area contributed by atoms with Crippen molar-refractivity contribution in [2.75, 3.05) is 0 Å². The second-order valence-corrected chi connectivity index (χ2v) is 8.45. The zero-order chi connectivity index (χ0) is 15.7. The molecule has 0 radical (unpaired) electrons. The summed E-state index contributed by atoms with van der Waals surface area (Å²) in [5.41, 5.74) is 0.583. The summed E-state index contributed by atoms with van der Waals surface area (Å²) in [5, 5.41) is 8.58. The lowest BCUT2D eigenvalue weighted by atomic mass is 10.2. The lowest BCUT2D eigenvalue weighted by Gasteiger charge is -1.98. The van der Waals surface area contributed by atoms with E-state index in [-0.39, 0.29) is 10.6 Å². The minimum Gasteiger partial charge on any atom is -0.239 e. The number of hydrogen-bond donors (Lipinski definition) is 1. The van der Waals surface area contributed by atoms with Crippen molar-refractivity contribution in [2.24, 2.45) is 16.6 Å². The summed E-state index contributed by atoms with van der Waals surface area (Å²) in [6.07, 6.45) is 0. The van der Waals surface area contributed by atoms with Crippen LogP contribution in [0, 0.1) is 0 Å². The van der Waals surface area contributed by atoms with Crippen molar-refractivity contribution in [2.45, 2.75) is 10.1 Å². The molecule has 1 heterocycles. The van der Waals surface area contributed by atoms with Gasteiger partial charge in [-0.2, -0.15) is 0 Å². The maximum Gasteiger partial charge on any atom is 0.267 e. The van der Waals surface area contributed by atoms with Gasteiger partial charge in [0.15, 0.2) is 0 Å². The quantitative estimate of drug-likeness (QED) is 0.802. The van der Waals surface area contributed by atoms with Crippen molar-refractivity contribution in [3.63, 3.8) is 0 Å². The number of hydrogen-bond acceptors (Lipinski definition) is 6. The number of sulfonamides is 2.